The molecular weight excluding hydrogens is 324 g/mol. The quantitative estimate of drug-likeness (QED) is 0.893. The van der Waals surface area contributed by atoms with Crippen molar-refractivity contribution in [3.63, 3.8) is 0 Å². The molecule has 1 aromatic heterocycles. The minimum Gasteiger partial charge on any atom is -0.335 e. The number of nitrogens with zero attached hydrogens (tertiary/aromatic N) is 2. The number of carbonyl (C=O) groups is 2. The molecule has 2 N–H and O–H groups in total. The monoisotopic (exact) mass is 344 g/mol. The molecule has 0 bridgehead atoms. The summed E-state index contributed by atoms with van der Waals surface area (Å²) in [5.74, 6) is -0.249. The number of hydrogen-bond donors (Lipinski definition) is 2. The van der Waals surface area contributed by atoms with Crippen LogP contribution in [-0.2, 0) is 4.79 Å². The molecule has 7 heteroatoms. The van der Waals surface area contributed by atoms with Gasteiger partial charge in [0.15, 0.2) is 0 Å². The van der Waals surface area contributed by atoms with E-state index in [1.807, 2.05) is 18.2 Å². The summed E-state index contributed by atoms with van der Waals surface area (Å²) in [6.45, 7) is 1.09. The highest BCUT2D eigenvalue weighted by Crippen LogP contribution is 2.36. The van der Waals surface area contributed by atoms with Gasteiger partial charge >= 0.3 is 6.03 Å². The number of imide groups is 1. The van der Waals surface area contributed by atoms with Gasteiger partial charge in [-0.05, 0) is 44.4 Å². The fourth-order valence-electron chi connectivity index (χ4n) is 3.13. The van der Waals surface area contributed by atoms with Crippen molar-refractivity contribution in [2.45, 2.75) is 37.8 Å². The molecule has 2 aromatic rings. The lowest BCUT2D eigenvalue weighted by Gasteiger charge is -2.21. The molecular formula is C17H20N4O2S. The Morgan fingerprint density at radius 2 is 2.08 bits per heavy atom. The van der Waals surface area contributed by atoms with Crippen LogP contribution in [0.15, 0.2) is 24.3 Å². The number of urea groups is 1. The van der Waals surface area contributed by atoms with E-state index >= 15 is 0 Å². The molecule has 1 saturated heterocycles. The predicted octanol–water partition coefficient (Wildman–Crippen LogP) is 2.42. The van der Waals surface area contributed by atoms with Crippen molar-refractivity contribution in [1.82, 2.24) is 20.5 Å². The minimum atomic E-state index is -0.377. The van der Waals surface area contributed by atoms with Gasteiger partial charge < -0.3 is 5.32 Å². The smallest absolute Gasteiger partial charge is 0.321 e. The summed E-state index contributed by atoms with van der Waals surface area (Å²) in [4.78, 5) is 30.7. The van der Waals surface area contributed by atoms with Crippen LogP contribution in [0.3, 0.4) is 0 Å². The van der Waals surface area contributed by atoms with Gasteiger partial charge in [0, 0.05) is 6.04 Å². The van der Waals surface area contributed by atoms with Crippen LogP contribution < -0.4 is 10.6 Å². The second kappa shape index (κ2) is 6.49. The predicted molar refractivity (Wildman–Crippen MR) is 92.9 cm³/mol. The van der Waals surface area contributed by atoms with Gasteiger partial charge in [0.05, 0.1) is 22.8 Å². The average molecular weight is 344 g/mol. The Balaban J connectivity index is 1.40. The normalized spacial score (nSPS) is 21.1. The van der Waals surface area contributed by atoms with Crippen molar-refractivity contribution in [3.05, 3.63) is 29.3 Å². The molecule has 4 rings (SSSR count). The molecule has 0 radical (unpaired) electrons. The van der Waals surface area contributed by atoms with Crippen molar-refractivity contribution < 1.29 is 9.59 Å². The largest absolute Gasteiger partial charge is 0.335 e. The van der Waals surface area contributed by atoms with Crippen molar-refractivity contribution in [1.29, 1.82) is 0 Å². The van der Waals surface area contributed by atoms with Crippen LogP contribution in [0.25, 0.3) is 10.2 Å². The number of nitrogens with one attached hydrogen (secondary N) is 2. The fourth-order valence-corrected chi connectivity index (χ4v) is 4.26. The first kappa shape index (κ1) is 15.5. The lowest BCUT2D eigenvalue weighted by molar-refractivity contribution is -0.121. The highest BCUT2D eigenvalue weighted by Gasteiger charge is 2.31. The highest BCUT2D eigenvalue weighted by atomic mass is 32.1. The Bertz CT molecular complexity index is 738. The van der Waals surface area contributed by atoms with E-state index in [4.69, 9.17) is 4.98 Å². The Labute approximate surface area is 144 Å². The van der Waals surface area contributed by atoms with Gasteiger partial charge in [0.25, 0.3) is 0 Å². The van der Waals surface area contributed by atoms with Crippen molar-refractivity contribution in [2.75, 3.05) is 13.1 Å². The first-order chi connectivity index (χ1) is 11.7. The molecule has 1 saturated carbocycles. The van der Waals surface area contributed by atoms with Gasteiger partial charge in [-0.1, -0.05) is 12.1 Å². The number of carbonyl (C=O) groups excluding carboxylic acids is 2. The van der Waals surface area contributed by atoms with Gasteiger partial charge in [0.1, 0.15) is 5.01 Å². The van der Waals surface area contributed by atoms with Crippen LogP contribution in [0.1, 0.15) is 36.7 Å². The van der Waals surface area contributed by atoms with E-state index in [2.05, 4.69) is 21.6 Å². The van der Waals surface area contributed by atoms with Gasteiger partial charge in [-0.15, -0.1) is 11.3 Å². The summed E-state index contributed by atoms with van der Waals surface area (Å²) >= 11 is 1.69. The van der Waals surface area contributed by atoms with Crippen LogP contribution in [0.5, 0.6) is 0 Å². The molecule has 126 valence electrons. The third kappa shape index (κ3) is 3.42. The van der Waals surface area contributed by atoms with Crippen LogP contribution in [0.4, 0.5) is 4.79 Å². The summed E-state index contributed by atoms with van der Waals surface area (Å²) in [6, 6.07) is 8.14. The van der Waals surface area contributed by atoms with Crippen LogP contribution in [0, 0.1) is 0 Å². The molecule has 0 spiro atoms. The molecule has 0 unspecified atom stereocenters. The topological polar surface area (TPSA) is 74.3 Å². The Morgan fingerprint density at radius 1 is 1.25 bits per heavy atom. The Hall–Kier alpha value is -1.99. The average Bonchev–Trinajstić information content (AvgIpc) is 3.09. The second-order valence-corrected chi connectivity index (χ2v) is 7.51. The van der Waals surface area contributed by atoms with Crippen molar-refractivity contribution in [3.8, 4) is 0 Å². The maximum absolute atomic E-state index is 12.1. The number of benzene rings is 1. The zero-order valence-corrected chi connectivity index (χ0v) is 14.1. The molecule has 2 heterocycles. The van der Waals surface area contributed by atoms with E-state index in [-0.39, 0.29) is 30.6 Å². The van der Waals surface area contributed by atoms with Crippen molar-refractivity contribution in [2.24, 2.45) is 0 Å². The lowest BCUT2D eigenvalue weighted by atomic mass is 10.2. The highest BCUT2D eigenvalue weighted by molar-refractivity contribution is 7.18. The third-order valence-electron chi connectivity index (χ3n) is 4.47. The zero-order valence-electron chi connectivity index (χ0n) is 13.3. The summed E-state index contributed by atoms with van der Waals surface area (Å²) in [5, 5.41) is 6.26. The number of hydrogen-bond acceptors (Lipinski definition) is 5. The van der Waals surface area contributed by atoms with Gasteiger partial charge in [-0.2, -0.15) is 0 Å². The van der Waals surface area contributed by atoms with E-state index in [1.54, 1.807) is 11.3 Å². The fraction of sp³-hybridized carbons (Fsp3) is 0.471. The summed E-state index contributed by atoms with van der Waals surface area (Å²) in [6.07, 6.45) is 4.06. The van der Waals surface area contributed by atoms with E-state index < -0.39 is 0 Å². The number of likely N-dealkylation sites (tertiary alicyclic amines) is 1. The second-order valence-electron chi connectivity index (χ2n) is 6.44. The molecule has 1 aliphatic heterocycles. The Morgan fingerprint density at radius 3 is 2.88 bits per heavy atom. The summed E-state index contributed by atoms with van der Waals surface area (Å²) in [7, 11) is 0. The van der Waals surface area contributed by atoms with E-state index in [0.717, 1.165) is 42.8 Å². The lowest BCUT2D eigenvalue weighted by Crippen LogP contribution is -2.45. The minimum absolute atomic E-state index is 0.166. The van der Waals surface area contributed by atoms with Gasteiger partial charge in [-0.3, -0.25) is 15.0 Å². The molecule has 1 aromatic carbocycles. The summed E-state index contributed by atoms with van der Waals surface area (Å²) in [5.41, 5.74) is 1.01. The first-order valence-electron chi connectivity index (χ1n) is 8.39. The molecule has 1 atom stereocenters. The number of amides is 3. The van der Waals surface area contributed by atoms with E-state index in [1.165, 1.54) is 4.70 Å². The standard InChI is InChI=1S/C17H20N4O2S/c22-15(20-17(23)18-11-7-8-11)10-21-9-3-5-13(21)16-19-12-4-1-2-6-14(12)24-16/h1-2,4,6,11,13H,3,5,7-10H2,(H2,18,20,22,23)/t13-/m0/s1. The number of thiazole rings is 1. The molecule has 2 aliphatic rings. The molecule has 6 nitrogen and oxygen atoms in total. The Kier molecular flexibility index (Phi) is 4.20. The molecule has 1 aliphatic carbocycles. The number of fused-ring (bicyclic) bond motifs is 1. The molecule has 24 heavy (non-hydrogen) atoms. The molecule has 2 fully saturated rings. The summed E-state index contributed by atoms with van der Waals surface area (Å²) < 4.78 is 1.17. The van der Waals surface area contributed by atoms with Crippen LogP contribution >= 0.6 is 11.3 Å². The molecule has 3 amide bonds. The third-order valence-corrected chi connectivity index (χ3v) is 5.61. The zero-order chi connectivity index (χ0) is 16.5. The number of para-hydroxylation sites is 1. The van der Waals surface area contributed by atoms with E-state index in [0.29, 0.717) is 0 Å². The SMILES string of the molecule is O=C(CN1CCC[C@H]1c1nc2ccccc2s1)NC(=O)NC1CC1. The van der Waals surface area contributed by atoms with Gasteiger partial charge in [-0.25, -0.2) is 9.78 Å². The first-order valence-corrected chi connectivity index (χ1v) is 9.20. The van der Waals surface area contributed by atoms with Crippen molar-refractivity contribution >= 4 is 33.5 Å². The van der Waals surface area contributed by atoms with Crippen LogP contribution in [-0.4, -0.2) is 41.0 Å². The number of aromatic nitrogens is 1. The van der Waals surface area contributed by atoms with E-state index in [9.17, 15) is 9.59 Å². The number of rotatable bonds is 4. The van der Waals surface area contributed by atoms with Crippen LogP contribution in [0.2, 0.25) is 0 Å². The maximum Gasteiger partial charge on any atom is 0.321 e. The maximum atomic E-state index is 12.1. The van der Waals surface area contributed by atoms with Gasteiger partial charge in [0.2, 0.25) is 5.91 Å².